The number of aromatic nitrogens is 2. The fourth-order valence-electron chi connectivity index (χ4n) is 2.20. The monoisotopic (exact) mass is 177 g/mol. The van der Waals surface area contributed by atoms with E-state index in [1.54, 1.807) is 0 Å². The first-order chi connectivity index (χ1) is 6.34. The van der Waals surface area contributed by atoms with Crippen LogP contribution in [0.1, 0.15) is 36.7 Å². The highest BCUT2D eigenvalue weighted by molar-refractivity contribution is 5.20. The Morgan fingerprint density at radius 3 is 3.00 bits per heavy atom. The molecule has 0 amide bonds. The molecule has 3 heteroatoms. The summed E-state index contributed by atoms with van der Waals surface area (Å²) in [7, 11) is 0. The van der Waals surface area contributed by atoms with Gasteiger partial charge in [-0.25, -0.2) is 4.98 Å². The van der Waals surface area contributed by atoms with Crippen LogP contribution in [0.15, 0.2) is 6.33 Å². The molecule has 1 aromatic rings. The standard InChI is InChI=1S/C10H15N3/c11-7-1-4-9-10(5-7)13(6-12-9)8-2-3-8/h6-8H,1-5,11H2. The van der Waals surface area contributed by atoms with Crippen LogP contribution in [0.4, 0.5) is 0 Å². The molecule has 13 heavy (non-hydrogen) atoms. The van der Waals surface area contributed by atoms with Crippen LogP contribution in [-0.4, -0.2) is 15.6 Å². The van der Waals surface area contributed by atoms with E-state index in [1.807, 2.05) is 6.33 Å². The van der Waals surface area contributed by atoms with E-state index in [4.69, 9.17) is 5.73 Å². The fraction of sp³-hybridized carbons (Fsp3) is 0.700. The molecule has 0 aromatic carbocycles. The molecule has 1 fully saturated rings. The van der Waals surface area contributed by atoms with Gasteiger partial charge in [0.1, 0.15) is 0 Å². The van der Waals surface area contributed by atoms with Gasteiger partial charge in [0.2, 0.25) is 0 Å². The Balaban J connectivity index is 1.99. The molecule has 1 unspecified atom stereocenters. The molecule has 1 aromatic heterocycles. The first-order valence-electron chi connectivity index (χ1n) is 5.15. The largest absolute Gasteiger partial charge is 0.331 e. The van der Waals surface area contributed by atoms with Crippen molar-refractivity contribution in [3.05, 3.63) is 17.7 Å². The lowest BCUT2D eigenvalue weighted by atomic mass is 9.97. The molecule has 0 aliphatic heterocycles. The van der Waals surface area contributed by atoms with Crippen LogP contribution < -0.4 is 5.73 Å². The Bertz CT molecular complexity index is 325. The third-order valence-corrected chi connectivity index (χ3v) is 3.13. The summed E-state index contributed by atoms with van der Waals surface area (Å²) in [5.41, 5.74) is 8.67. The molecule has 2 N–H and O–H groups in total. The molecule has 0 bridgehead atoms. The highest BCUT2D eigenvalue weighted by atomic mass is 15.1. The Morgan fingerprint density at radius 1 is 1.38 bits per heavy atom. The molecule has 2 aliphatic rings. The smallest absolute Gasteiger partial charge is 0.0954 e. The lowest BCUT2D eigenvalue weighted by molar-refractivity contribution is 0.540. The molecule has 0 spiro atoms. The molecule has 3 rings (SSSR count). The van der Waals surface area contributed by atoms with Crippen molar-refractivity contribution in [2.45, 2.75) is 44.2 Å². The van der Waals surface area contributed by atoms with Gasteiger partial charge in [-0.2, -0.15) is 0 Å². The average molecular weight is 177 g/mol. The maximum absolute atomic E-state index is 5.96. The zero-order valence-corrected chi connectivity index (χ0v) is 7.74. The fourth-order valence-corrected chi connectivity index (χ4v) is 2.20. The van der Waals surface area contributed by atoms with E-state index in [-0.39, 0.29) is 0 Å². The second-order valence-electron chi connectivity index (χ2n) is 4.28. The minimum absolute atomic E-state index is 0.363. The molecule has 1 heterocycles. The Labute approximate surface area is 78.0 Å². The van der Waals surface area contributed by atoms with Crippen molar-refractivity contribution in [1.29, 1.82) is 0 Å². The van der Waals surface area contributed by atoms with E-state index in [1.165, 1.54) is 24.2 Å². The Morgan fingerprint density at radius 2 is 2.23 bits per heavy atom. The van der Waals surface area contributed by atoms with E-state index >= 15 is 0 Å². The maximum Gasteiger partial charge on any atom is 0.0954 e. The highest BCUT2D eigenvalue weighted by Gasteiger charge is 2.29. The number of imidazole rings is 1. The Hall–Kier alpha value is -0.830. The van der Waals surface area contributed by atoms with Crippen molar-refractivity contribution in [1.82, 2.24) is 9.55 Å². The van der Waals surface area contributed by atoms with Crippen LogP contribution >= 0.6 is 0 Å². The number of hydrogen-bond acceptors (Lipinski definition) is 2. The van der Waals surface area contributed by atoms with E-state index in [0.717, 1.165) is 25.3 Å². The van der Waals surface area contributed by atoms with E-state index in [0.29, 0.717) is 6.04 Å². The van der Waals surface area contributed by atoms with Gasteiger partial charge in [0, 0.05) is 24.2 Å². The lowest BCUT2D eigenvalue weighted by Gasteiger charge is -2.19. The number of nitrogens with zero attached hydrogens (tertiary/aromatic N) is 2. The number of nitrogens with two attached hydrogens (primary N) is 1. The van der Waals surface area contributed by atoms with Crippen LogP contribution in [0.3, 0.4) is 0 Å². The molecule has 3 nitrogen and oxygen atoms in total. The topological polar surface area (TPSA) is 43.8 Å². The summed E-state index contributed by atoms with van der Waals surface area (Å²) in [6.07, 6.45) is 7.90. The number of aryl methyl sites for hydroxylation is 1. The summed E-state index contributed by atoms with van der Waals surface area (Å²) < 4.78 is 2.36. The second kappa shape index (κ2) is 2.58. The maximum atomic E-state index is 5.96. The highest BCUT2D eigenvalue weighted by Crippen LogP contribution is 2.37. The van der Waals surface area contributed by atoms with Crippen molar-refractivity contribution < 1.29 is 0 Å². The molecule has 1 atom stereocenters. The predicted octanol–water partition coefficient (Wildman–Crippen LogP) is 1.03. The van der Waals surface area contributed by atoms with E-state index in [9.17, 15) is 0 Å². The third-order valence-electron chi connectivity index (χ3n) is 3.13. The minimum Gasteiger partial charge on any atom is -0.331 e. The average Bonchev–Trinajstić information content (AvgIpc) is 2.87. The lowest BCUT2D eigenvalue weighted by Crippen LogP contribution is -2.29. The summed E-state index contributed by atoms with van der Waals surface area (Å²) in [4.78, 5) is 4.46. The molecule has 70 valence electrons. The van der Waals surface area contributed by atoms with Crippen molar-refractivity contribution in [2.24, 2.45) is 5.73 Å². The zero-order chi connectivity index (χ0) is 8.84. The first-order valence-corrected chi connectivity index (χ1v) is 5.15. The summed E-state index contributed by atoms with van der Waals surface area (Å²) in [5.74, 6) is 0. The van der Waals surface area contributed by atoms with Crippen molar-refractivity contribution in [2.75, 3.05) is 0 Å². The predicted molar refractivity (Wildman–Crippen MR) is 50.5 cm³/mol. The van der Waals surface area contributed by atoms with Gasteiger partial charge < -0.3 is 10.3 Å². The molecule has 0 radical (unpaired) electrons. The first kappa shape index (κ1) is 7.56. The van der Waals surface area contributed by atoms with Gasteiger partial charge >= 0.3 is 0 Å². The quantitative estimate of drug-likeness (QED) is 0.696. The van der Waals surface area contributed by atoms with Crippen LogP contribution in [0.2, 0.25) is 0 Å². The normalized spacial score (nSPS) is 27.3. The zero-order valence-electron chi connectivity index (χ0n) is 7.74. The second-order valence-corrected chi connectivity index (χ2v) is 4.28. The van der Waals surface area contributed by atoms with Crippen LogP contribution in [-0.2, 0) is 12.8 Å². The number of hydrogen-bond donors (Lipinski definition) is 1. The van der Waals surface area contributed by atoms with Gasteiger partial charge in [-0.3, -0.25) is 0 Å². The van der Waals surface area contributed by atoms with Crippen molar-refractivity contribution in [3.63, 3.8) is 0 Å². The van der Waals surface area contributed by atoms with Crippen LogP contribution in [0.25, 0.3) is 0 Å². The molecular weight excluding hydrogens is 162 g/mol. The Kier molecular flexibility index (Phi) is 1.50. The van der Waals surface area contributed by atoms with Gasteiger partial charge in [-0.1, -0.05) is 0 Å². The van der Waals surface area contributed by atoms with Crippen LogP contribution in [0.5, 0.6) is 0 Å². The minimum atomic E-state index is 0.363. The van der Waals surface area contributed by atoms with E-state index in [2.05, 4.69) is 9.55 Å². The molecular formula is C10H15N3. The van der Waals surface area contributed by atoms with Gasteiger partial charge in [0.05, 0.1) is 12.0 Å². The van der Waals surface area contributed by atoms with Gasteiger partial charge in [-0.15, -0.1) is 0 Å². The summed E-state index contributed by atoms with van der Waals surface area (Å²) in [5, 5.41) is 0. The molecule has 1 saturated carbocycles. The number of rotatable bonds is 1. The third kappa shape index (κ3) is 1.18. The van der Waals surface area contributed by atoms with Crippen LogP contribution in [0, 0.1) is 0 Å². The van der Waals surface area contributed by atoms with Crippen molar-refractivity contribution >= 4 is 0 Å². The number of fused-ring (bicyclic) bond motifs is 1. The SMILES string of the molecule is NC1CCc2ncn(C3CC3)c2C1. The van der Waals surface area contributed by atoms with Gasteiger partial charge in [0.15, 0.2) is 0 Å². The summed E-state index contributed by atoms with van der Waals surface area (Å²) in [6.45, 7) is 0. The van der Waals surface area contributed by atoms with Crippen molar-refractivity contribution in [3.8, 4) is 0 Å². The van der Waals surface area contributed by atoms with Gasteiger partial charge in [0.25, 0.3) is 0 Å². The van der Waals surface area contributed by atoms with E-state index < -0.39 is 0 Å². The molecule has 0 saturated heterocycles. The summed E-state index contributed by atoms with van der Waals surface area (Å²) >= 11 is 0. The molecule has 2 aliphatic carbocycles. The van der Waals surface area contributed by atoms with Gasteiger partial charge in [-0.05, 0) is 25.7 Å². The summed E-state index contributed by atoms with van der Waals surface area (Å²) in [6, 6.07) is 1.11.